The number of nitrogens with zero attached hydrogens (tertiary/aromatic N) is 1. The zero-order valence-corrected chi connectivity index (χ0v) is 18.9. The fraction of sp³-hybridized carbons (Fsp3) is 0.200. The van der Waals surface area contributed by atoms with Crippen LogP contribution in [0.5, 0.6) is 11.5 Å². The van der Waals surface area contributed by atoms with Crippen LogP contribution in [0.1, 0.15) is 22.3 Å². The number of aryl methyl sites for hydroxylation is 2. The number of rotatable bonds is 8. The molecule has 0 aromatic heterocycles. The summed E-state index contributed by atoms with van der Waals surface area (Å²) in [6.07, 6.45) is -2.90. The molecule has 34 heavy (non-hydrogen) atoms. The summed E-state index contributed by atoms with van der Waals surface area (Å²) in [5, 5.41) is 6.84. The van der Waals surface area contributed by atoms with Gasteiger partial charge in [0.15, 0.2) is 18.1 Å². The number of methoxy groups -OCH3 is 1. The summed E-state index contributed by atoms with van der Waals surface area (Å²) in [6.45, 7) is 3.69. The van der Waals surface area contributed by atoms with Crippen LogP contribution >= 0.6 is 0 Å². The highest BCUT2D eigenvalue weighted by Crippen LogP contribution is 2.30. The number of benzene rings is 3. The first-order valence-electron chi connectivity index (χ1n) is 10.3. The van der Waals surface area contributed by atoms with Crippen molar-refractivity contribution in [2.75, 3.05) is 24.5 Å². The molecule has 0 aliphatic carbocycles. The van der Waals surface area contributed by atoms with Gasteiger partial charge in [-0.25, -0.2) is 0 Å². The zero-order valence-electron chi connectivity index (χ0n) is 18.9. The summed E-state index contributed by atoms with van der Waals surface area (Å²) >= 11 is 0. The number of carbonyl (C=O) groups is 1. The number of alkyl halides is 3. The van der Waals surface area contributed by atoms with Crippen LogP contribution in [-0.4, -0.2) is 25.8 Å². The highest BCUT2D eigenvalue weighted by Gasteiger charge is 2.29. The second-order valence-corrected chi connectivity index (χ2v) is 7.51. The van der Waals surface area contributed by atoms with Crippen LogP contribution in [0.2, 0.25) is 0 Å². The number of amides is 1. The number of halogens is 3. The van der Waals surface area contributed by atoms with Gasteiger partial charge in [-0.1, -0.05) is 17.7 Å². The number of carbonyl (C=O) groups excluding carboxylic acids is 1. The lowest BCUT2D eigenvalue weighted by molar-refractivity contribution is -0.137. The van der Waals surface area contributed by atoms with Gasteiger partial charge in [-0.15, -0.1) is 0 Å². The molecule has 0 aliphatic heterocycles. The molecule has 6 nitrogen and oxygen atoms in total. The van der Waals surface area contributed by atoms with Crippen molar-refractivity contribution in [2.24, 2.45) is 5.10 Å². The minimum atomic E-state index is -4.39. The maximum Gasteiger partial charge on any atom is 0.416 e. The Morgan fingerprint density at radius 2 is 1.74 bits per heavy atom. The summed E-state index contributed by atoms with van der Waals surface area (Å²) in [4.78, 5) is 12.3. The van der Waals surface area contributed by atoms with E-state index in [0.29, 0.717) is 22.7 Å². The number of hydrazone groups is 1. The van der Waals surface area contributed by atoms with Gasteiger partial charge in [-0.3, -0.25) is 10.2 Å². The Balaban J connectivity index is 1.57. The minimum absolute atomic E-state index is 0.202. The summed E-state index contributed by atoms with van der Waals surface area (Å²) in [5.41, 5.74) is 5.79. The lowest BCUT2D eigenvalue weighted by atomic mass is 10.1. The monoisotopic (exact) mass is 471 g/mol. The number of nitrogens with one attached hydrogen (secondary N) is 2. The molecule has 0 spiro atoms. The molecule has 0 bridgehead atoms. The molecule has 0 saturated heterocycles. The van der Waals surface area contributed by atoms with Crippen molar-refractivity contribution < 1.29 is 27.4 Å². The van der Waals surface area contributed by atoms with Crippen LogP contribution in [0.4, 0.5) is 24.5 Å². The second-order valence-electron chi connectivity index (χ2n) is 7.51. The van der Waals surface area contributed by atoms with E-state index in [0.717, 1.165) is 28.9 Å². The molecule has 178 valence electrons. The molecule has 0 atom stereocenters. The Morgan fingerprint density at radius 3 is 2.38 bits per heavy atom. The fourth-order valence-corrected chi connectivity index (χ4v) is 3.08. The Bertz CT molecular complexity index is 1180. The van der Waals surface area contributed by atoms with Crippen LogP contribution in [0.15, 0.2) is 65.8 Å². The number of ether oxygens (including phenoxy) is 2. The summed E-state index contributed by atoms with van der Waals surface area (Å²) < 4.78 is 48.8. The van der Waals surface area contributed by atoms with Gasteiger partial charge >= 0.3 is 6.18 Å². The van der Waals surface area contributed by atoms with Gasteiger partial charge in [-0.05, 0) is 73.5 Å². The second kappa shape index (κ2) is 10.7. The lowest BCUT2D eigenvalue weighted by Gasteiger charge is -2.12. The number of anilines is 2. The van der Waals surface area contributed by atoms with Gasteiger partial charge < -0.3 is 14.8 Å². The van der Waals surface area contributed by atoms with Crippen LogP contribution in [0.25, 0.3) is 0 Å². The Hall–Kier alpha value is -4.01. The van der Waals surface area contributed by atoms with E-state index in [1.807, 2.05) is 32.0 Å². The molecule has 3 aromatic rings. The average molecular weight is 471 g/mol. The van der Waals surface area contributed by atoms with Crippen LogP contribution in [-0.2, 0) is 11.0 Å². The SMILES string of the molecule is COc1cc(C=NNc2ccc(C(F)(F)F)cc2)ccc1OCC(=O)Nc1ccc(C)cc1C. The third kappa shape index (κ3) is 6.74. The molecule has 0 saturated carbocycles. The van der Waals surface area contributed by atoms with Crippen molar-refractivity contribution in [3.05, 3.63) is 82.9 Å². The predicted octanol–water partition coefficient (Wildman–Crippen LogP) is 5.79. The van der Waals surface area contributed by atoms with Crippen molar-refractivity contribution in [2.45, 2.75) is 20.0 Å². The quantitative estimate of drug-likeness (QED) is 0.322. The van der Waals surface area contributed by atoms with Gasteiger partial charge in [0.2, 0.25) is 0 Å². The molecular weight excluding hydrogens is 447 g/mol. The smallest absolute Gasteiger partial charge is 0.416 e. The van der Waals surface area contributed by atoms with Gasteiger partial charge in [-0.2, -0.15) is 18.3 Å². The van der Waals surface area contributed by atoms with E-state index in [-0.39, 0.29) is 12.5 Å². The molecule has 0 aliphatic rings. The Morgan fingerprint density at radius 1 is 1.00 bits per heavy atom. The highest BCUT2D eigenvalue weighted by molar-refractivity contribution is 5.92. The third-order valence-corrected chi connectivity index (χ3v) is 4.82. The van der Waals surface area contributed by atoms with Gasteiger partial charge in [0.25, 0.3) is 5.91 Å². The van der Waals surface area contributed by atoms with Crippen LogP contribution in [0.3, 0.4) is 0 Å². The first-order valence-corrected chi connectivity index (χ1v) is 10.3. The molecule has 0 heterocycles. The molecule has 2 N–H and O–H groups in total. The maximum atomic E-state index is 12.6. The van der Waals surface area contributed by atoms with E-state index in [4.69, 9.17) is 9.47 Å². The van der Waals surface area contributed by atoms with Crippen LogP contribution in [0, 0.1) is 13.8 Å². The van der Waals surface area contributed by atoms with E-state index < -0.39 is 11.7 Å². The van der Waals surface area contributed by atoms with Crippen molar-refractivity contribution in [1.29, 1.82) is 0 Å². The molecule has 1 amide bonds. The Kier molecular flexibility index (Phi) is 7.78. The summed E-state index contributed by atoms with van der Waals surface area (Å²) in [6, 6.07) is 15.3. The third-order valence-electron chi connectivity index (χ3n) is 4.82. The fourth-order valence-electron chi connectivity index (χ4n) is 3.08. The normalized spacial score (nSPS) is 11.4. The van der Waals surface area contributed by atoms with Crippen molar-refractivity contribution in [3.63, 3.8) is 0 Å². The van der Waals surface area contributed by atoms with Crippen LogP contribution < -0.4 is 20.2 Å². The Labute approximate surface area is 195 Å². The topological polar surface area (TPSA) is 71.9 Å². The molecule has 3 aromatic carbocycles. The highest BCUT2D eigenvalue weighted by atomic mass is 19.4. The van der Waals surface area contributed by atoms with Crippen molar-refractivity contribution >= 4 is 23.5 Å². The van der Waals surface area contributed by atoms with E-state index in [2.05, 4.69) is 15.8 Å². The summed E-state index contributed by atoms with van der Waals surface area (Å²) in [5.74, 6) is 0.476. The van der Waals surface area contributed by atoms with Gasteiger partial charge in [0.1, 0.15) is 0 Å². The van der Waals surface area contributed by atoms with Gasteiger partial charge in [0.05, 0.1) is 24.6 Å². The minimum Gasteiger partial charge on any atom is -0.493 e. The van der Waals surface area contributed by atoms with Crippen molar-refractivity contribution in [1.82, 2.24) is 0 Å². The molecular formula is C25H24F3N3O3. The molecule has 0 fully saturated rings. The number of hydrogen-bond acceptors (Lipinski definition) is 5. The lowest BCUT2D eigenvalue weighted by Crippen LogP contribution is -2.20. The average Bonchev–Trinajstić information content (AvgIpc) is 2.79. The van der Waals surface area contributed by atoms with Crippen molar-refractivity contribution in [3.8, 4) is 11.5 Å². The predicted molar refractivity (Wildman–Crippen MR) is 126 cm³/mol. The van der Waals surface area contributed by atoms with E-state index in [9.17, 15) is 18.0 Å². The number of hydrogen-bond donors (Lipinski definition) is 2. The largest absolute Gasteiger partial charge is 0.493 e. The zero-order chi connectivity index (χ0) is 24.7. The van der Waals surface area contributed by atoms with Gasteiger partial charge in [0, 0.05) is 5.69 Å². The molecule has 3 rings (SSSR count). The first kappa shape index (κ1) is 24.6. The van der Waals surface area contributed by atoms with E-state index in [1.54, 1.807) is 18.2 Å². The molecule has 0 unspecified atom stereocenters. The van der Waals surface area contributed by atoms with E-state index in [1.165, 1.54) is 25.5 Å². The summed E-state index contributed by atoms with van der Waals surface area (Å²) in [7, 11) is 1.47. The van der Waals surface area contributed by atoms with E-state index >= 15 is 0 Å². The molecule has 0 radical (unpaired) electrons. The maximum absolute atomic E-state index is 12.6. The molecule has 9 heteroatoms. The standard InChI is InChI=1S/C25H24F3N3O3/c1-16-4-10-21(17(2)12-16)30-24(32)15-34-22-11-5-18(13-23(22)33-3)14-29-31-20-8-6-19(7-9-20)25(26,27)28/h4-14,31H,15H2,1-3H3,(H,30,32). The first-order chi connectivity index (χ1) is 16.2.